The highest BCUT2D eigenvalue weighted by molar-refractivity contribution is 7.13. The second-order valence-corrected chi connectivity index (χ2v) is 11.5. The van der Waals surface area contributed by atoms with Gasteiger partial charge in [0.1, 0.15) is 17.9 Å². The number of hydrogen-bond donors (Lipinski definition) is 1. The van der Waals surface area contributed by atoms with E-state index < -0.39 is 30.6 Å². The molecule has 47 heavy (non-hydrogen) atoms. The van der Waals surface area contributed by atoms with Crippen LogP contribution in [0.5, 0.6) is 0 Å². The van der Waals surface area contributed by atoms with Crippen LogP contribution in [-0.4, -0.2) is 41.2 Å². The molecule has 1 aliphatic heterocycles. The number of carbonyl (C=O) groups excluding carboxylic acids is 1. The Kier molecular flexibility index (Phi) is 10.2. The van der Waals surface area contributed by atoms with Crippen LogP contribution in [0.2, 0.25) is 0 Å². The molecule has 0 spiro atoms. The van der Waals surface area contributed by atoms with Gasteiger partial charge in [0.15, 0.2) is 11.9 Å². The fourth-order valence-corrected chi connectivity index (χ4v) is 5.75. The van der Waals surface area contributed by atoms with E-state index in [1.165, 1.54) is 23.6 Å². The molecule has 5 aromatic rings. The summed E-state index contributed by atoms with van der Waals surface area (Å²) in [5, 5.41) is 15.6. The van der Waals surface area contributed by atoms with Crippen molar-refractivity contribution in [1.82, 2.24) is 0 Å². The average Bonchev–Trinajstić information content (AvgIpc) is 3.65. The second-order valence-electron chi connectivity index (χ2n) is 10.5. The smallest absolute Gasteiger partial charge is 0.359 e. The number of carboxylic acids is 1. The molecule has 0 saturated carbocycles. The van der Waals surface area contributed by atoms with Gasteiger partial charge in [0.25, 0.3) is 6.29 Å². The lowest BCUT2D eigenvalue weighted by molar-refractivity contribution is -0.144. The van der Waals surface area contributed by atoms with Gasteiger partial charge in [0.2, 0.25) is 5.71 Å². The molecule has 0 saturated heterocycles. The summed E-state index contributed by atoms with van der Waals surface area (Å²) in [7, 11) is 0. The first-order valence-corrected chi connectivity index (χ1v) is 15.8. The number of ether oxygens (including phenoxy) is 2. The molecule has 234 valence electrons. The number of benzene rings is 4. The van der Waals surface area contributed by atoms with E-state index in [2.05, 4.69) is 10.1 Å². The number of aliphatic imine (C=N–C) groups is 1. The summed E-state index contributed by atoms with van der Waals surface area (Å²) < 4.78 is 12.9. The molecular weight excluding hydrogens is 612 g/mol. The monoisotopic (exact) mass is 642 g/mol. The Labute approximate surface area is 275 Å². The van der Waals surface area contributed by atoms with E-state index in [0.29, 0.717) is 4.88 Å². The first-order chi connectivity index (χ1) is 23.1. The van der Waals surface area contributed by atoms with Crippen molar-refractivity contribution < 1.29 is 29.0 Å². The van der Waals surface area contributed by atoms with E-state index in [0.717, 1.165) is 22.3 Å². The van der Waals surface area contributed by atoms with Crippen molar-refractivity contribution in [1.29, 1.82) is 0 Å². The Morgan fingerprint density at radius 1 is 0.723 bits per heavy atom. The van der Waals surface area contributed by atoms with Gasteiger partial charge in [-0.3, -0.25) is 9.79 Å². The number of rotatable bonds is 13. The third kappa shape index (κ3) is 7.85. The molecule has 1 N–H and O–H groups in total. The lowest BCUT2D eigenvalue weighted by Crippen LogP contribution is -2.32. The van der Waals surface area contributed by atoms with Crippen LogP contribution in [0.4, 0.5) is 0 Å². The summed E-state index contributed by atoms with van der Waals surface area (Å²) in [5.41, 5.74) is 3.21. The van der Waals surface area contributed by atoms with Crippen LogP contribution in [-0.2, 0) is 23.9 Å². The third-order valence-corrected chi connectivity index (χ3v) is 8.20. The van der Waals surface area contributed by atoms with Gasteiger partial charge in [-0.25, -0.2) is 4.79 Å². The number of carbonyl (C=O) groups is 2. The minimum Gasteiger partial charge on any atom is -0.476 e. The zero-order valence-corrected chi connectivity index (χ0v) is 25.9. The van der Waals surface area contributed by atoms with E-state index in [1.807, 2.05) is 121 Å². The number of thiophene rings is 1. The maximum absolute atomic E-state index is 13.6. The Hall–Kier alpha value is -5.48. The van der Waals surface area contributed by atoms with Crippen molar-refractivity contribution in [2.75, 3.05) is 0 Å². The largest absolute Gasteiger partial charge is 0.476 e. The van der Waals surface area contributed by atoms with Crippen LogP contribution in [0.15, 0.2) is 161 Å². The Bertz CT molecular complexity index is 1780. The number of aliphatic carboxylic acids is 1. The van der Waals surface area contributed by atoms with E-state index in [1.54, 1.807) is 17.5 Å². The number of carboxylic acid groups (broad SMARTS) is 1. The standard InChI is InChI=1S/C38H30N2O6S/c41-31-24-30(39-25-32(31)44-35(26-14-5-1-6-15-26)27-16-7-2-8-17-27)38(46-40-34(37(42)43)33-22-13-23-47-33)45-36(28-18-9-3-10-19-28)29-20-11-4-12-21-29/h1-25,32,35-36,38H,(H,42,43)/b40-34-. The number of ketones is 1. The Morgan fingerprint density at radius 3 is 1.68 bits per heavy atom. The maximum atomic E-state index is 13.6. The molecule has 0 fully saturated rings. The minimum atomic E-state index is -1.35. The minimum absolute atomic E-state index is 0.113. The van der Waals surface area contributed by atoms with Gasteiger partial charge in [0.05, 0.1) is 4.88 Å². The predicted octanol–water partition coefficient (Wildman–Crippen LogP) is 7.40. The van der Waals surface area contributed by atoms with Gasteiger partial charge < -0.3 is 19.4 Å². The van der Waals surface area contributed by atoms with Crippen LogP contribution in [0.1, 0.15) is 39.3 Å². The average molecular weight is 643 g/mol. The quantitative estimate of drug-likeness (QED) is 0.0815. The van der Waals surface area contributed by atoms with Gasteiger partial charge in [-0.2, -0.15) is 0 Å². The van der Waals surface area contributed by atoms with E-state index in [-0.39, 0.29) is 17.2 Å². The molecule has 2 heterocycles. The molecule has 2 unspecified atom stereocenters. The van der Waals surface area contributed by atoms with Crippen LogP contribution >= 0.6 is 11.3 Å². The number of hydrogen-bond acceptors (Lipinski definition) is 8. The van der Waals surface area contributed by atoms with Crippen LogP contribution < -0.4 is 0 Å². The first kappa shape index (κ1) is 31.5. The van der Waals surface area contributed by atoms with Gasteiger partial charge in [-0.1, -0.05) is 133 Å². The Morgan fingerprint density at radius 2 is 1.23 bits per heavy atom. The molecule has 9 heteroatoms. The number of oxime groups is 1. The summed E-state index contributed by atoms with van der Waals surface area (Å²) in [6.07, 6.45) is -0.810. The molecule has 1 aromatic heterocycles. The van der Waals surface area contributed by atoms with Gasteiger partial charge in [-0.05, 0) is 33.7 Å². The molecule has 8 nitrogen and oxygen atoms in total. The highest BCUT2D eigenvalue weighted by Gasteiger charge is 2.32. The van der Waals surface area contributed by atoms with Crippen LogP contribution in [0, 0.1) is 0 Å². The van der Waals surface area contributed by atoms with Crippen LogP contribution in [0.25, 0.3) is 0 Å². The molecule has 0 radical (unpaired) electrons. The van der Waals surface area contributed by atoms with Crippen molar-refractivity contribution in [3.05, 3.63) is 178 Å². The molecule has 6 rings (SSSR count). The second kappa shape index (κ2) is 15.2. The fraction of sp³-hybridized carbons (Fsp3) is 0.105. The summed E-state index contributed by atoms with van der Waals surface area (Å²) in [6.45, 7) is 0. The van der Waals surface area contributed by atoms with Gasteiger partial charge in [0, 0.05) is 12.3 Å². The van der Waals surface area contributed by atoms with Crippen molar-refractivity contribution in [2.45, 2.75) is 24.6 Å². The topological polar surface area (TPSA) is 107 Å². The van der Waals surface area contributed by atoms with E-state index >= 15 is 0 Å². The third-order valence-electron chi connectivity index (χ3n) is 7.32. The van der Waals surface area contributed by atoms with Gasteiger partial charge >= 0.3 is 5.97 Å². The zero-order chi connectivity index (χ0) is 32.4. The normalized spacial score (nSPS) is 15.4. The van der Waals surface area contributed by atoms with Crippen molar-refractivity contribution in [3.8, 4) is 0 Å². The fourth-order valence-electron chi connectivity index (χ4n) is 5.06. The summed E-state index contributed by atoms with van der Waals surface area (Å²) in [6, 6.07) is 41.6. The zero-order valence-electron chi connectivity index (χ0n) is 25.0. The van der Waals surface area contributed by atoms with E-state index in [4.69, 9.17) is 14.3 Å². The lowest BCUT2D eigenvalue weighted by atomic mass is 10.0. The van der Waals surface area contributed by atoms with Crippen molar-refractivity contribution in [3.63, 3.8) is 0 Å². The molecule has 0 amide bonds. The summed E-state index contributed by atoms with van der Waals surface area (Å²) in [4.78, 5) is 36.5. The first-order valence-electron chi connectivity index (χ1n) is 14.9. The SMILES string of the molecule is O=C(O)/C(=N\OC(OC(c1ccccc1)c1ccccc1)C1=CC(=O)C(OC(c2ccccc2)c2ccccc2)C=N1)c1cccs1. The maximum Gasteiger partial charge on any atom is 0.359 e. The van der Waals surface area contributed by atoms with E-state index in [9.17, 15) is 14.7 Å². The molecule has 2 atom stereocenters. The highest BCUT2D eigenvalue weighted by atomic mass is 32.1. The molecular formula is C38H30N2O6S. The number of nitrogens with zero attached hydrogens (tertiary/aromatic N) is 2. The van der Waals surface area contributed by atoms with Crippen LogP contribution in [0.3, 0.4) is 0 Å². The van der Waals surface area contributed by atoms with Gasteiger partial charge in [-0.15, -0.1) is 11.3 Å². The highest BCUT2D eigenvalue weighted by Crippen LogP contribution is 2.32. The Balaban J connectivity index is 1.32. The summed E-state index contributed by atoms with van der Waals surface area (Å²) >= 11 is 1.21. The predicted molar refractivity (Wildman–Crippen MR) is 180 cm³/mol. The van der Waals surface area contributed by atoms with Crippen molar-refractivity contribution >= 4 is 35.0 Å². The molecule has 0 aliphatic carbocycles. The molecule has 4 aromatic carbocycles. The lowest BCUT2D eigenvalue weighted by Gasteiger charge is -2.27. The molecule has 1 aliphatic rings. The van der Waals surface area contributed by atoms with Crippen molar-refractivity contribution in [2.24, 2.45) is 10.1 Å². The molecule has 0 bridgehead atoms. The summed E-state index contributed by atoms with van der Waals surface area (Å²) in [5.74, 6) is -1.65.